The fraction of sp³-hybridized carbons (Fsp3) is 0.400. The summed E-state index contributed by atoms with van der Waals surface area (Å²) in [5.74, 6) is -0.303. The molecule has 5 heteroatoms. The van der Waals surface area contributed by atoms with Gasteiger partial charge in [-0.1, -0.05) is 30.3 Å². The summed E-state index contributed by atoms with van der Waals surface area (Å²) >= 11 is 0. The van der Waals surface area contributed by atoms with Crippen LogP contribution in [0.3, 0.4) is 0 Å². The topological polar surface area (TPSA) is 18.5 Å². The number of benzene rings is 3. The lowest BCUT2D eigenvalue weighted by atomic mass is 9.76. The molecule has 186 valence electrons. The SMILES string of the molecule is CCOc1ccc(-c2ccc(C3CCC(CCc4ccc(OCC)c(F)c4)CC3)c(F)c2F)cc1. The van der Waals surface area contributed by atoms with Gasteiger partial charge in [0.05, 0.1) is 13.2 Å². The zero-order valence-corrected chi connectivity index (χ0v) is 20.5. The highest BCUT2D eigenvalue weighted by atomic mass is 19.2. The predicted molar refractivity (Wildman–Crippen MR) is 134 cm³/mol. The van der Waals surface area contributed by atoms with E-state index in [4.69, 9.17) is 9.47 Å². The van der Waals surface area contributed by atoms with Gasteiger partial charge in [-0.25, -0.2) is 13.2 Å². The van der Waals surface area contributed by atoms with Gasteiger partial charge in [0.25, 0.3) is 0 Å². The first kappa shape index (κ1) is 25.2. The van der Waals surface area contributed by atoms with E-state index in [1.54, 1.807) is 48.5 Å². The first-order valence-corrected chi connectivity index (χ1v) is 12.6. The molecule has 3 aromatic carbocycles. The third-order valence-corrected chi connectivity index (χ3v) is 7.01. The fourth-order valence-electron chi connectivity index (χ4n) is 5.11. The molecule has 2 nitrogen and oxygen atoms in total. The van der Waals surface area contributed by atoms with Crippen molar-refractivity contribution < 1.29 is 22.6 Å². The van der Waals surface area contributed by atoms with Crippen LogP contribution in [-0.2, 0) is 6.42 Å². The van der Waals surface area contributed by atoms with E-state index in [2.05, 4.69) is 0 Å². The van der Waals surface area contributed by atoms with Gasteiger partial charge < -0.3 is 9.47 Å². The van der Waals surface area contributed by atoms with Gasteiger partial charge in [-0.05, 0) is 105 Å². The average Bonchev–Trinajstić information content (AvgIpc) is 2.87. The molecule has 35 heavy (non-hydrogen) atoms. The van der Waals surface area contributed by atoms with Crippen LogP contribution < -0.4 is 9.47 Å². The van der Waals surface area contributed by atoms with Gasteiger partial charge in [0.1, 0.15) is 5.75 Å². The number of ether oxygens (including phenoxy) is 2. The maximum Gasteiger partial charge on any atom is 0.166 e. The van der Waals surface area contributed by atoms with Gasteiger partial charge in [-0.3, -0.25) is 0 Å². The molecule has 0 unspecified atom stereocenters. The molecule has 3 aromatic rings. The molecular weight excluding hydrogens is 449 g/mol. The first-order valence-electron chi connectivity index (χ1n) is 12.6. The van der Waals surface area contributed by atoms with Crippen LogP contribution >= 0.6 is 0 Å². The van der Waals surface area contributed by atoms with Gasteiger partial charge in [0, 0.05) is 5.56 Å². The minimum Gasteiger partial charge on any atom is -0.494 e. The standard InChI is InChI=1S/C30H33F3O2/c1-3-34-24-14-12-23(13-15-24)26-17-16-25(29(32)30(26)33)22-10-7-20(8-11-22)5-6-21-9-18-28(35-4-2)27(31)19-21/h9,12-20,22H,3-8,10-11H2,1-2H3. The lowest BCUT2D eigenvalue weighted by molar-refractivity contribution is 0.304. The van der Waals surface area contributed by atoms with Crippen molar-refractivity contribution in [3.8, 4) is 22.6 Å². The second-order valence-corrected chi connectivity index (χ2v) is 9.24. The lowest BCUT2D eigenvalue weighted by Crippen LogP contribution is -2.15. The summed E-state index contributed by atoms with van der Waals surface area (Å²) in [6.07, 6.45) is 5.37. The molecule has 0 aromatic heterocycles. The highest BCUT2D eigenvalue weighted by molar-refractivity contribution is 5.65. The van der Waals surface area contributed by atoms with Crippen molar-refractivity contribution in [2.24, 2.45) is 5.92 Å². The highest BCUT2D eigenvalue weighted by Gasteiger charge is 2.26. The molecule has 1 aliphatic carbocycles. The highest BCUT2D eigenvalue weighted by Crippen LogP contribution is 2.40. The predicted octanol–water partition coefficient (Wildman–Crippen LogP) is 8.47. The van der Waals surface area contributed by atoms with Crippen molar-refractivity contribution in [2.75, 3.05) is 13.2 Å². The quantitative estimate of drug-likeness (QED) is 0.304. The summed E-state index contributed by atoms with van der Waals surface area (Å²) in [4.78, 5) is 0. The number of aryl methyl sites for hydroxylation is 1. The molecule has 0 N–H and O–H groups in total. The normalized spacial score (nSPS) is 17.9. The van der Waals surface area contributed by atoms with Crippen molar-refractivity contribution in [1.82, 2.24) is 0 Å². The van der Waals surface area contributed by atoms with Crippen molar-refractivity contribution >= 4 is 0 Å². The van der Waals surface area contributed by atoms with Gasteiger partial charge in [0.2, 0.25) is 0 Å². The van der Waals surface area contributed by atoms with E-state index >= 15 is 8.78 Å². The zero-order chi connectivity index (χ0) is 24.8. The molecule has 1 aliphatic rings. The second kappa shape index (κ2) is 11.7. The molecule has 4 rings (SSSR count). The second-order valence-electron chi connectivity index (χ2n) is 9.24. The van der Waals surface area contributed by atoms with E-state index in [0.29, 0.717) is 41.8 Å². The van der Waals surface area contributed by atoms with Gasteiger partial charge in [-0.15, -0.1) is 0 Å². The van der Waals surface area contributed by atoms with E-state index in [-0.39, 0.29) is 17.3 Å². The van der Waals surface area contributed by atoms with E-state index < -0.39 is 11.6 Å². The van der Waals surface area contributed by atoms with E-state index in [9.17, 15) is 4.39 Å². The van der Waals surface area contributed by atoms with E-state index in [0.717, 1.165) is 44.1 Å². The Kier molecular flexibility index (Phi) is 8.37. The van der Waals surface area contributed by atoms with Crippen LogP contribution in [0.2, 0.25) is 0 Å². The summed E-state index contributed by atoms with van der Waals surface area (Å²) in [5.41, 5.74) is 2.34. The molecule has 0 spiro atoms. The van der Waals surface area contributed by atoms with Crippen LogP contribution in [0.1, 0.15) is 63.0 Å². The van der Waals surface area contributed by atoms with Crippen LogP contribution in [-0.4, -0.2) is 13.2 Å². The number of hydrogen-bond acceptors (Lipinski definition) is 2. The van der Waals surface area contributed by atoms with Crippen molar-refractivity contribution in [2.45, 2.75) is 58.3 Å². The molecule has 1 fully saturated rings. The number of rotatable bonds is 9. The lowest BCUT2D eigenvalue weighted by Gasteiger charge is -2.29. The smallest absolute Gasteiger partial charge is 0.166 e. The molecule has 0 saturated heterocycles. The van der Waals surface area contributed by atoms with Crippen molar-refractivity contribution in [1.29, 1.82) is 0 Å². The maximum atomic E-state index is 15.1. The monoisotopic (exact) mass is 482 g/mol. The Labute approximate surface area is 206 Å². The van der Waals surface area contributed by atoms with Crippen molar-refractivity contribution in [3.63, 3.8) is 0 Å². The summed E-state index contributed by atoms with van der Waals surface area (Å²) in [6.45, 7) is 4.73. The molecule has 0 aliphatic heterocycles. The third-order valence-electron chi connectivity index (χ3n) is 7.01. The Morgan fingerprint density at radius 3 is 2.14 bits per heavy atom. The van der Waals surface area contributed by atoms with Crippen LogP contribution in [0.15, 0.2) is 54.6 Å². The minimum atomic E-state index is -0.786. The largest absolute Gasteiger partial charge is 0.494 e. The molecule has 0 atom stereocenters. The van der Waals surface area contributed by atoms with Gasteiger partial charge >= 0.3 is 0 Å². The summed E-state index contributed by atoms with van der Waals surface area (Å²) in [5, 5.41) is 0. The maximum absolute atomic E-state index is 15.1. The van der Waals surface area contributed by atoms with E-state index in [1.165, 1.54) is 0 Å². The Hall–Kier alpha value is -2.95. The Balaban J connectivity index is 1.35. The van der Waals surface area contributed by atoms with Crippen LogP contribution in [0.25, 0.3) is 11.1 Å². The summed E-state index contributed by atoms with van der Waals surface area (Å²) in [6, 6.07) is 15.7. The Morgan fingerprint density at radius 2 is 1.49 bits per heavy atom. The molecule has 0 amide bonds. The minimum absolute atomic E-state index is 0.0260. The third kappa shape index (κ3) is 6.01. The van der Waals surface area contributed by atoms with Gasteiger partial charge in [0.15, 0.2) is 23.2 Å². The summed E-state index contributed by atoms with van der Waals surface area (Å²) < 4.78 is 54.9. The van der Waals surface area contributed by atoms with Crippen LogP contribution in [0.4, 0.5) is 13.2 Å². The fourth-order valence-corrected chi connectivity index (χ4v) is 5.11. The zero-order valence-electron chi connectivity index (χ0n) is 20.5. The van der Waals surface area contributed by atoms with Crippen LogP contribution in [0, 0.1) is 23.4 Å². The van der Waals surface area contributed by atoms with Crippen molar-refractivity contribution in [3.05, 3.63) is 83.2 Å². The molecular formula is C30H33F3O2. The first-order chi connectivity index (χ1) is 17.0. The molecule has 0 radical (unpaired) electrons. The average molecular weight is 483 g/mol. The molecule has 0 bridgehead atoms. The Bertz CT molecular complexity index is 1120. The number of hydrogen-bond donors (Lipinski definition) is 0. The van der Waals surface area contributed by atoms with Crippen LogP contribution in [0.5, 0.6) is 11.5 Å². The molecule has 0 heterocycles. The number of halogens is 3. The summed E-state index contributed by atoms with van der Waals surface area (Å²) in [7, 11) is 0. The Morgan fingerprint density at radius 1 is 0.771 bits per heavy atom. The van der Waals surface area contributed by atoms with E-state index in [1.807, 2.05) is 19.9 Å². The molecule has 1 saturated carbocycles. The van der Waals surface area contributed by atoms with Gasteiger partial charge in [-0.2, -0.15) is 0 Å².